The summed E-state index contributed by atoms with van der Waals surface area (Å²) in [6.45, 7) is 1.98. The van der Waals surface area contributed by atoms with E-state index in [1.165, 1.54) is 12.1 Å². The van der Waals surface area contributed by atoms with Crippen LogP contribution in [0.25, 0.3) is 0 Å². The van der Waals surface area contributed by atoms with E-state index in [4.69, 9.17) is 39.5 Å². The van der Waals surface area contributed by atoms with E-state index in [0.29, 0.717) is 16.3 Å². The van der Waals surface area contributed by atoms with Gasteiger partial charge in [0.25, 0.3) is 11.8 Å². The van der Waals surface area contributed by atoms with Crippen LogP contribution < -0.4 is 14.5 Å². The number of nitrogens with zero attached hydrogens (tertiary/aromatic N) is 2. The van der Waals surface area contributed by atoms with Gasteiger partial charge in [-0.15, -0.1) is 23.2 Å². The smallest absolute Gasteiger partial charge is 0.258 e. The number of alkyl halides is 2. The predicted molar refractivity (Wildman–Crippen MR) is 170 cm³/mol. The SMILES string of the molecule is CCOc1cccc(C2C3=CCC4C(=O)N(c5ccc(Cl)cc5)C(=O)C4C3CC3(Cl)C(=O)N(c4ccc(F)cc4)C(=O)C23Cl)c1O. The lowest BCUT2D eigenvalue weighted by Crippen LogP contribution is -2.60. The molecule has 3 aromatic carbocycles. The number of phenols is 1. The minimum Gasteiger partial charge on any atom is -0.504 e. The highest BCUT2D eigenvalue weighted by atomic mass is 35.5. The third-order valence-electron chi connectivity index (χ3n) is 9.62. The van der Waals surface area contributed by atoms with Gasteiger partial charge in [0.2, 0.25) is 11.8 Å². The number of benzene rings is 3. The molecule has 46 heavy (non-hydrogen) atoms. The van der Waals surface area contributed by atoms with E-state index in [1.54, 1.807) is 55.5 Å². The van der Waals surface area contributed by atoms with Crippen LogP contribution in [0.5, 0.6) is 11.5 Å². The van der Waals surface area contributed by atoms with Crippen LogP contribution in [-0.2, 0) is 19.2 Å². The van der Waals surface area contributed by atoms with Crippen LogP contribution in [0.3, 0.4) is 0 Å². The molecule has 2 saturated heterocycles. The number of hydrogen-bond donors (Lipinski definition) is 1. The lowest BCUT2D eigenvalue weighted by molar-refractivity contribution is -0.125. The molecule has 2 aliphatic heterocycles. The van der Waals surface area contributed by atoms with Crippen molar-refractivity contribution in [3.8, 4) is 11.5 Å². The summed E-state index contributed by atoms with van der Waals surface area (Å²) in [5.41, 5.74) is 1.10. The van der Waals surface area contributed by atoms with Gasteiger partial charge in [-0.3, -0.25) is 24.1 Å². The molecule has 3 fully saturated rings. The minimum atomic E-state index is -2.18. The van der Waals surface area contributed by atoms with Crippen molar-refractivity contribution in [2.24, 2.45) is 17.8 Å². The maximum Gasteiger partial charge on any atom is 0.258 e. The Morgan fingerprint density at radius 1 is 0.891 bits per heavy atom. The number of rotatable bonds is 5. The summed E-state index contributed by atoms with van der Waals surface area (Å²) >= 11 is 20.8. The van der Waals surface area contributed by atoms with Crippen molar-refractivity contribution >= 4 is 69.8 Å². The van der Waals surface area contributed by atoms with E-state index in [2.05, 4.69) is 0 Å². The highest BCUT2D eigenvalue weighted by Crippen LogP contribution is 2.66. The number of fused-ring (bicyclic) bond motifs is 4. The minimum absolute atomic E-state index is 0.0627. The number of amides is 4. The van der Waals surface area contributed by atoms with E-state index >= 15 is 0 Å². The second-order valence-corrected chi connectivity index (χ2v) is 13.5. The quantitative estimate of drug-likeness (QED) is 0.191. The standard InChI is InChI=1S/C34H26Cl3FN2O6/c1-2-46-25-5-3-4-23(28(25)41)27-21-14-15-22-26(30(43)39(29(22)42)19-10-6-17(35)7-11-19)24(21)16-33(36)31(44)40(32(45)34(27,33)37)20-12-8-18(38)9-13-20/h3-14,22,24,26-27,41H,2,15-16H2,1H3. The highest BCUT2D eigenvalue weighted by molar-refractivity contribution is 6.58. The molecule has 2 aliphatic carbocycles. The molecular weight excluding hydrogens is 658 g/mol. The van der Waals surface area contributed by atoms with Gasteiger partial charge in [-0.05, 0) is 80.3 Å². The number of halogens is 4. The van der Waals surface area contributed by atoms with Crippen molar-refractivity contribution in [1.29, 1.82) is 0 Å². The fourth-order valence-electron chi connectivity index (χ4n) is 7.63. The lowest BCUT2D eigenvalue weighted by Gasteiger charge is -2.50. The summed E-state index contributed by atoms with van der Waals surface area (Å²) in [6, 6.07) is 15.8. The summed E-state index contributed by atoms with van der Waals surface area (Å²) in [7, 11) is 0. The Balaban J connectivity index is 1.41. The maximum absolute atomic E-state index is 14.5. The molecule has 1 N–H and O–H groups in total. The largest absolute Gasteiger partial charge is 0.504 e. The number of carbonyl (C=O) groups is 4. The summed E-state index contributed by atoms with van der Waals surface area (Å²) in [4.78, 5) is 54.4. The third kappa shape index (κ3) is 4.11. The van der Waals surface area contributed by atoms with Gasteiger partial charge in [0.1, 0.15) is 5.82 Å². The average Bonchev–Trinajstić information content (AvgIpc) is 3.37. The second-order valence-electron chi connectivity index (χ2n) is 11.9. The summed E-state index contributed by atoms with van der Waals surface area (Å²) in [5.74, 6) is -7.03. The first kappa shape index (κ1) is 30.7. The van der Waals surface area contributed by atoms with E-state index in [1.807, 2.05) is 0 Å². The zero-order valence-electron chi connectivity index (χ0n) is 24.3. The van der Waals surface area contributed by atoms with Crippen molar-refractivity contribution < 1.29 is 33.4 Å². The molecular formula is C34H26Cl3FN2O6. The van der Waals surface area contributed by atoms with E-state index in [0.717, 1.165) is 21.9 Å². The van der Waals surface area contributed by atoms with Crippen molar-refractivity contribution in [3.05, 3.63) is 94.8 Å². The van der Waals surface area contributed by atoms with Crippen LogP contribution in [0.1, 0.15) is 31.2 Å². The molecule has 2 heterocycles. The number of carbonyl (C=O) groups excluding carboxylic acids is 4. The zero-order valence-corrected chi connectivity index (χ0v) is 26.5. The number of aromatic hydroxyl groups is 1. The fraction of sp³-hybridized carbons (Fsp3) is 0.294. The van der Waals surface area contributed by atoms with Gasteiger partial charge in [-0.25, -0.2) is 9.29 Å². The summed E-state index contributed by atoms with van der Waals surface area (Å²) in [5, 5.41) is 11.9. The number of para-hydroxylation sites is 1. The van der Waals surface area contributed by atoms with Crippen molar-refractivity contribution in [1.82, 2.24) is 0 Å². The van der Waals surface area contributed by atoms with Crippen molar-refractivity contribution in [3.63, 3.8) is 0 Å². The molecule has 0 bridgehead atoms. The Bertz CT molecular complexity index is 1850. The first-order chi connectivity index (χ1) is 21.9. The first-order valence-electron chi connectivity index (χ1n) is 14.7. The highest BCUT2D eigenvalue weighted by Gasteiger charge is 2.77. The normalized spacial score (nSPS) is 30.2. The topological polar surface area (TPSA) is 104 Å². The molecule has 7 rings (SSSR count). The van der Waals surface area contributed by atoms with Gasteiger partial charge in [0.05, 0.1) is 29.8 Å². The molecule has 0 aromatic heterocycles. The van der Waals surface area contributed by atoms with Crippen LogP contribution in [0.15, 0.2) is 78.4 Å². The molecule has 0 spiro atoms. The molecule has 6 atom stereocenters. The maximum atomic E-state index is 14.5. The van der Waals surface area contributed by atoms with Crippen LogP contribution in [0.2, 0.25) is 5.02 Å². The average molecular weight is 684 g/mol. The number of hydrogen-bond acceptors (Lipinski definition) is 6. The van der Waals surface area contributed by atoms with E-state index in [-0.39, 0.29) is 42.2 Å². The van der Waals surface area contributed by atoms with Gasteiger partial charge in [0.15, 0.2) is 21.2 Å². The van der Waals surface area contributed by atoms with Gasteiger partial charge in [-0.2, -0.15) is 0 Å². The van der Waals surface area contributed by atoms with Crippen LogP contribution >= 0.6 is 34.8 Å². The second kappa shape index (κ2) is 10.8. The Morgan fingerprint density at radius 2 is 1.54 bits per heavy atom. The van der Waals surface area contributed by atoms with Crippen molar-refractivity contribution in [2.75, 3.05) is 16.4 Å². The zero-order chi connectivity index (χ0) is 32.7. The van der Waals surface area contributed by atoms with Gasteiger partial charge in [0, 0.05) is 16.5 Å². The van der Waals surface area contributed by atoms with Crippen LogP contribution in [0.4, 0.5) is 15.8 Å². The molecule has 4 amide bonds. The Kier molecular flexibility index (Phi) is 7.23. The monoisotopic (exact) mass is 682 g/mol. The molecule has 3 aromatic rings. The van der Waals surface area contributed by atoms with Gasteiger partial charge >= 0.3 is 0 Å². The first-order valence-corrected chi connectivity index (χ1v) is 15.9. The van der Waals surface area contributed by atoms with E-state index in [9.17, 15) is 28.7 Å². The molecule has 6 unspecified atom stereocenters. The number of ether oxygens (including phenoxy) is 1. The molecule has 12 heteroatoms. The third-order valence-corrected chi connectivity index (χ3v) is 11.3. The van der Waals surface area contributed by atoms with Crippen LogP contribution in [0, 0.1) is 23.6 Å². The molecule has 8 nitrogen and oxygen atoms in total. The number of allylic oxidation sites excluding steroid dienone is 2. The number of imide groups is 2. The number of phenolic OH excluding ortho intramolecular Hbond substituents is 1. The molecule has 1 saturated carbocycles. The Labute approximate surface area is 278 Å². The molecule has 4 aliphatic rings. The predicted octanol–water partition coefficient (Wildman–Crippen LogP) is 6.35. The van der Waals surface area contributed by atoms with E-state index < -0.39 is 62.9 Å². The Morgan fingerprint density at radius 3 is 2.22 bits per heavy atom. The molecule has 0 radical (unpaired) electrons. The van der Waals surface area contributed by atoms with Gasteiger partial charge < -0.3 is 9.84 Å². The lowest BCUT2D eigenvalue weighted by atomic mass is 9.56. The van der Waals surface area contributed by atoms with Gasteiger partial charge in [-0.1, -0.05) is 35.4 Å². The fourth-order valence-corrected chi connectivity index (χ4v) is 8.69. The van der Waals surface area contributed by atoms with Crippen LogP contribution in [-0.4, -0.2) is 45.1 Å². The number of anilines is 2. The van der Waals surface area contributed by atoms with Crippen molar-refractivity contribution in [2.45, 2.75) is 35.4 Å². The Hall–Kier alpha value is -3.92. The molecule has 236 valence electrons. The summed E-state index contributed by atoms with van der Waals surface area (Å²) in [6.07, 6.45) is 1.68. The summed E-state index contributed by atoms with van der Waals surface area (Å²) < 4.78 is 19.5.